The van der Waals surface area contributed by atoms with Gasteiger partial charge in [-0.3, -0.25) is 0 Å². The van der Waals surface area contributed by atoms with Crippen molar-refractivity contribution in [3.05, 3.63) is 34.6 Å². The molecule has 3 fully saturated rings. The minimum absolute atomic E-state index is 0.0339. The molecular weight excluding hydrogens is 407 g/mol. The maximum atomic E-state index is 13.3. The SMILES string of the molecule is O=C(OC1CCC([C@H]2CC[C@H](CCC3OCCO3)CC2)CC1)c1ccc(F)c(Cl)c1. The maximum absolute atomic E-state index is 13.3. The Balaban J connectivity index is 1.16. The molecule has 1 aliphatic heterocycles. The van der Waals surface area contributed by atoms with Crippen molar-refractivity contribution >= 4 is 17.6 Å². The van der Waals surface area contributed by atoms with Gasteiger partial charge in [-0.1, -0.05) is 24.4 Å². The molecule has 1 heterocycles. The second-order valence-corrected chi connectivity index (χ2v) is 9.51. The largest absolute Gasteiger partial charge is 0.459 e. The first-order chi connectivity index (χ1) is 14.6. The third-order valence-corrected chi connectivity index (χ3v) is 7.50. The molecule has 30 heavy (non-hydrogen) atoms. The first-order valence-electron chi connectivity index (χ1n) is 11.5. The molecule has 4 rings (SSSR count). The van der Waals surface area contributed by atoms with Crippen LogP contribution in [0.1, 0.15) is 74.6 Å². The predicted molar refractivity (Wildman–Crippen MR) is 113 cm³/mol. The smallest absolute Gasteiger partial charge is 0.338 e. The van der Waals surface area contributed by atoms with Crippen LogP contribution < -0.4 is 0 Å². The van der Waals surface area contributed by atoms with Crippen molar-refractivity contribution < 1.29 is 23.4 Å². The van der Waals surface area contributed by atoms with Crippen LogP contribution in [-0.4, -0.2) is 31.6 Å². The first kappa shape index (κ1) is 22.0. The average Bonchev–Trinajstić information content (AvgIpc) is 3.29. The molecule has 4 nitrogen and oxygen atoms in total. The number of ether oxygens (including phenoxy) is 3. The van der Waals surface area contributed by atoms with Crippen LogP contribution >= 0.6 is 11.6 Å². The third kappa shape index (κ3) is 5.74. The molecule has 2 aliphatic carbocycles. The van der Waals surface area contributed by atoms with Crippen LogP contribution in [0.4, 0.5) is 4.39 Å². The second-order valence-electron chi connectivity index (χ2n) is 9.10. The lowest BCUT2D eigenvalue weighted by Crippen LogP contribution is -2.30. The van der Waals surface area contributed by atoms with Crippen molar-refractivity contribution in [2.45, 2.75) is 76.6 Å². The molecule has 0 atom stereocenters. The van der Waals surface area contributed by atoms with Crippen LogP contribution in [0, 0.1) is 23.6 Å². The molecule has 0 bridgehead atoms. The lowest BCUT2D eigenvalue weighted by molar-refractivity contribution is -0.0515. The molecule has 0 aromatic heterocycles. The van der Waals surface area contributed by atoms with Gasteiger partial charge < -0.3 is 14.2 Å². The highest BCUT2D eigenvalue weighted by molar-refractivity contribution is 6.31. The highest BCUT2D eigenvalue weighted by atomic mass is 35.5. The van der Waals surface area contributed by atoms with Crippen molar-refractivity contribution in [1.29, 1.82) is 0 Å². The minimum Gasteiger partial charge on any atom is -0.459 e. The number of benzene rings is 1. The Labute approximate surface area is 183 Å². The monoisotopic (exact) mass is 438 g/mol. The number of halogens is 2. The molecule has 0 spiro atoms. The molecule has 0 amide bonds. The van der Waals surface area contributed by atoms with E-state index in [9.17, 15) is 9.18 Å². The van der Waals surface area contributed by atoms with Gasteiger partial charge in [0.05, 0.1) is 23.8 Å². The highest BCUT2D eigenvalue weighted by Crippen LogP contribution is 2.41. The second kappa shape index (κ2) is 10.4. The van der Waals surface area contributed by atoms with E-state index < -0.39 is 11.8 Å². The first-order valence-corrected chi connectivity index (χ1v) is 11.9. The molecule has 3 aliphatic rings. The van der Waals surface area contributed by atoms with E-state index in [0.29, 0.717) is 5.56 Å². The zero-order chi connectivity index (χ0) is 20.9. The lowest BCUT2D eigenvalue weighted by atomic mass is 9.70. The number of hydrogen-bond acceptors (Lipinski definition) is 4. The van der Waals surface area contributed by atoms with E-state index in [-0.39, 0.29) is 17.4 Å². The normalized spacial score (nSPS) is 30.3. The van der Waals surface area contributed by atoms with E-state index in [1.54, 1.807) is 0 Å². The van der Waals surface area contributed by atoms with Crippen molar-refractivity contribution in [2.24, 2.45) is 17.8 Å². The lowest BCUT2D eigenvalue weighted by Gasteiger charge is -2.37. The van der Waals surface area contributed by atoms with Gasteiger partial charge in [0.1, 0.15) is 11.9 Å². The summed E-state index contributed by atoms with van der Waals surface area (Å²) < 4.78 is 30.1. The summed E-state index contributed by atoms with van der Waals surface area (Å²) in [7, 11) is 0. The molecule has 0 unspecified atom stereocenters. The van der Waals surface area contributed by atoms with Gasteiger partial charge in [0.2, 0.25) is 0 Å². The summed E-state index contributed by atoms with van der Waals surface area (Å²) in [4.78, 5) is 12.3. The van der Waals surface area contributed by atoms with Crippen LogP contribution in [0.15, 0.2) is 18.2 Å². The van der Waals surface area contributed by atoms with Crippen LogP contribution in [0.3, 0.4) is 0 Å². The number of hydrogen-bond donors (Lipinski definition) is 0. The van der Waals surface area contributed by atoms with Crippen molar-refractivity contribution in [2.75, 3.05) is 13.2 Å². The van der Waals surface area contributed by atoms with Gasteiger partial charge in [-0.05, 0) is 87.3 Å². The number of carbonyl (C=O) groups excluding carboxylic acids is 1. The van der Waals surface area contributed by atoms with Gasteiger partial charge in [-0.2, -0.15) is 0 Å². The van der Waals surface area contributed by atoms with E-state index in [4.69, 9.17) is 25.8 Å². The van der Waals surface area contributed by atoms with Crippen LogP contribution in [0.5, 0.6) is 0 Å². The molecule has 166 valence electrons. The fourth-order valence-electron chi connectivity index (χ4n) is 5.41. The maximum Gasteiger partial charge on any atom is 0.338 e. The molecular formula is C24H32ClFO4. The summed E-state index contributed by atoms with van der Waals surface area (Å²) in [6.07, 6.45) is 11.6. The topological polar surface area (TPSA) is 44.8 Å². The van der Waals surface area contributed by atoms with E-state index in [0.717, 1.165) is 63.1 Å². The quantitative estimate of drug-likeness (QED) is 0.499. The summed E-state index contributed by atoms with van der Waals surface area (Å²) in [6.45, 7) is 1.49. The van der Waals surface area contributed by atoms with Crippen LogP contribution in [0.25, 0.3) is 0 Å². The Hall–Kier alpha value is -1.17. The average molecular weight is 439 g/mol. The van der Waals surface area contributed by atoms with E-state index >= 15 is 0 Å². The molecule has 1 saturated heterocycles. The molecule has 6 heteroatoms. The minimum atomic E-state index is -0.524. The standard InChI is InChI=1S/C24H32ClFO4/c25-21-15-19(8-11-22(21)26)24(27)30-20-9-6-18(7-10-20)17-4-1-16(2-5-17)3-12-23-28-13-14-29-23/h8,11,15-18,20,23H,1-7,9-10,12-14H2/t16-,17-,18?,20?. The number of rotatable bonds is 6. The Morgan fingerprint density at radius 3 is 2.23 bits per heavy atom. The Bertz CT molecular complexity index is 705. The zero-order valence-corrected chi connectivity index (χ0v) is 18.2. The van der Waals surface area contributed by atoms with Crippen molar-refractivity contribution in [3.63, 3.8) is 0 Å². The third-order valence-electron chi connectivity index (χ3n) is 7.21. The van der Waals surface area contributed by atoms with Crippen LogP contribution in [-0.2, 0) is 14.2 Å². The van der Waals surface area contributed by atoms with E-state index in [1.165, 1.54) is 50.3 Å². The zero-order valence-electron chi connectivity index (χ0n) is 17.5. The predicted octanol–water partition coefficient (Wildman–Crippen LogP) is 6.15. The molecule has 0 N–H and O–H groups in total. The van der Waals surface area contributed by atoms with Gasteiger partial charge in [-0.25, -0.2) is 9.18 Å². The van der Waals surface area contributed by atoms with Crippen molar-refractivity contribution in [3.8, 4) is 0 Å². The summed E-state index contributed by atoms with van der Waals surface area (Å²) >= 11 is 5.77. The van der Waals surface area contributed by atoms with Gasteiger partial charge >= 0.3 is 5.97 Å². The van der Waals surface area contributed by atoms with Gasteiger partial charge in [-0.15, -0.1) is 0 Å². The molecule has 1 aromatic rings. The summed E-state index contributed by atoms with van der Waals surface area (Å²) in [5.41, 5.74) is 0.315. The van der Waals surface area contributed by atoms with Crippen LogP contribution in [0.2, 0.25) is 5.02 Å². The molecule has 0 radical (unpaired) electrons. The van der Waals surface area contributed by atoms with E-state index in [1.807, 2.05) is 0 Å². The fraction of sp³-hybridized carbons (Fsp3) is 0.708. The van der Waals surface area contributed by atoms with Gasteiger partial charge in [0.15, 0.2) is 6.29 Å². The Morgan fingerprint density at radius 2 is 1.60 bits per heavy atom. The summed E-state index contributed by atoms with van der Waals surface area (Å²) in [5.74, 6) is 1.45. The fourth-order valence-corrected chi connectivity index (χ4v) is 5.59. The van der Waals surface area contributed by atoms with Gasteiger partial charge in [0, 0.05) is 0 Å². The van der Waals surface area contributed by atoms with E-state index in [2.05, 4.69) is 0 Å². The highest BCUT2D eigenvalue weighted by Gasteiger charge is 2.32. The summed E-state index contributed by atoms with van der Waals surface area (Å²) in [5, 5.41) is -0.0490. The molecule has 1 aromatic carbocycles. The number of carbonyl (C=O) groups is 1. The Kier molecular flexibility index (Phi) is 7.66. The molecule has 2 saturated carbocycles. The summed E-state index contributed by atoms with van der Waals surface area (Å²) in [6, 6.07) is 3.98. The van der Waals surface area contributed by atoms with Gasteiger partial charge in [0.25, 0.3) is 0 Å². The Morgan fingerprint density at radius 1 is 0.967 bits per heavy atom. The number of esters is 1. The van der Waals surface area contributed by atoms with Crippen molar-refractivity contribution in [1.82, 2.24) is 0 Å².